The monoisotopic (exact) mass is 284 g/mol. The maximum Gasteiger partial charge on any atom is 0.161 e. The molecule has 0 atom stereocenters. The summed E-state index contributed by atoms with van der Waals surface area (Å²) in [6.07, 6.45) is 6.22. The molecule has 19 heavy (non-hydrogen) atoms. The molecule has 2 nitrogen and oxygen atoms in total. The van der Waals surface area contributed by atoms with Gasteiger partial charge in [0.15, 0.2) is 11.5 Å². The fraction of sp³-hybridized carbons (Fsp3) is 0.625. The second-order valence-corrected chi connectivity index (χ2v) is 4.88. The second kappa shape index (κ2) is 9.96. The summed E-state index contributed by atoms with van der Waals surface area (Å²) in [7, 11) is 0. The normalized spacial score (nSPS) is 10.5. The van der Waals surface area contributed by atoms with Gasteiger partial charge in [-0.05, 0) is 31.0 Å². The van der Waals surface area contributed by atoms with Gasteiger partial charge in [-0.25, -0.2) is 0 Å². The lowest BCUT2D eigenvalue weighted by molar-refractivity contribution is 0.270. The zero-order valence-corrected chi connectivity index (χ0v) is 12.8. The summed E-state index contributed by atoms with van der Waals surface area (Å²) in [4.78, 5) is 0. The Bertz CT molecular complexity index is 353. The van der Waals surface area contributed by atoms with Gasteiger partial charge in [0.25, 0.3) is 0 Å². The van der Waals surface area contributed by atoms with Crippen LogP contribution in [0.15, 0.2) is 18.2 Å². The molecule has 0 aromatic heterocycles. The fourth-order valence-electron chi connectivity index (χ4n) is 1.91. The van der Waals surface area contributed by atoms with E-state index in [9.17, 15) is 0 Å². The molecule has 0 aliphatic carbocycles. The van der Waals surface area contributed by atoms with Gasteiger partial charge in [-0.1, -0.05) is 38.7 Å². The minimum Gasteiger partial charge on any atom is -0.490 e. The molecule has 3 heteroatoms. The lowest BCUT2D eigenvalue weighted by Crippen LogP contribution is -2.01. The Kier molecular flexibility index (Phi) is 8.48. The molecule has 1 rings (SSSR count). The van der Waals surface area contributed by atoms with E-state index >= 15 is 0 Å². The molecule has 0 heterocycles. The summed E-state index contributed by atoms with van der Waals surface area (Å²) in [5, 5.41) is 0. The number of alkyl halides is 1. The average Bonchev–Trinajstić information content (AvgIpc) is 2.44. The van der Waals surface area contributed by atoms with Gasteiger partial charge >= 0.3 is 0 Å². The first-order chi connectivity index (χ1) is 9.31. The van der Waals surface area contributed by atoms with Gasteiger partial charge in [-0.15, -0.1) is 11.6 Å². The van der Waals surface area contributed by atoms with Crippen LogP contribution >= 0.6 is 11.6 Å². The third-order valence-corrected chi connectivity index (χ3v) is 3.28. The van der Waals surface area contributed by atoms with Crippen molar-refractivity contribution in [2.75, 3.05) is 13.2 Å². The fourth-order valence-corrected chi connectivity index (χ4v) is 2.08. The maximum atomic E-state index is 5.83. The number of rotatable bonds is 10. The predicted molar refractivity (Wildman–Crippen MR) is 81.4 cm³/mol. The van der Waals surface area contributed by atoms with E-state index in [-0.39, 0.29) is 0 Å². The van der Waals surface area contributed by atoms with Crippen molar-refractivity contribution in [1.82, 2.24) is 0 Å². The van der Waals surface area contributed by atoms with E-state index in [0.717, 1.165) is 30.1 Å². The molecular weight excluding hydrogens is 260 g/mol. The minimum absolute atomic E-state index is 0.497. The third kappa shape index (κ3) is 6.20. The van der Waals surface area contributed by atoms with E-state index in [0.29, 0.717) is 12.5 Å². The summed E-state index contributed by atoms with van der Waals surface area (Å²) in [6, 6.07) is 5.90. The van der Waals surface area contributed by atoms with Crippen molar-refractivity contribution in [3.63, 3.8) is 0 Å². The van der Waals surface area contributed by atoms with Gasteiger partial charge in [0.2, 0.25) is 0 Å². The first-order valence-corrected chi connectivity index (χ1v) is 7.79. The first kappa shape index (κ1) is 16.2. The smallest absolute Gasteiger partial charge is 0.161 e. The van der Waals surface area contributed by atoms with Crippen LogP contribution in [0.4, 0.5) is 0 Å². The summed E-state index contributed by atoms with van der Waals surface area (Å²) in [5.74, 6) is 2.12. The third-order valence-electron chi connectivity index (χ3n) is 2.97. The molecule has 1 aromatic carbocycles. The second-order valence-electron chi connectivity index (χ2n) is 4.61. The van der Waals surface area contributed by atoms with Crippen molar-refractivity contribution in [3.05, 3.63) is 23.8 Å². The molecule has 108 valence electrons. The molecular formula is C16H25ClO2. The summed E-state index contributed by atoms with van der Waals surface area (Å²) in [5.41, 5.74) is 1.06. The van der Waals surface area contributed by atoms with Crippen LogP contribution in [-0.4, -0.2) is 13.2 Å². The van der Waals surface area contributed by atoms with Gasteiger partial charge in [-0.2, -0.15) is 0 Å². The van der Waals surface area contributed by atoms with Crippen molar-refractivity contribution < 1.29 is 9.47 Å². The highest BCUT2D eigenvalue weighted by atomic mass is 35.5. The SMILES string of the molecule is CCCCCCCOc1ccc(CCl)cc1OCC. The number of unbranched alkanes of at least 4 members (excludes halogenated alkanes) is 4. The van der Waals surface area contributed by atoms with Gasteiger partial charge in [-0.3, -0.25) is 0 Å². The number of benzene rings is 1. The quantitative estimate of drug-likeness (QED) is 0.436. The standard InChI is InChI=1S/C16H25ClO2/c1-3-5-6-7-8-11-19-15-10-9-14(13-17)12-16(15)18-4-2/h9-10,12H,3-8,11,13H2,1-2H3. The molecule has 0 spiro atoms. The molecule has 0 saturated carbocycles. The van der Waals surface area contributed by atoms with Crippen molar-refractivity contribution >= 4 is 11.6 Å². The lowest BCUT2D eigenvalue weighted by atomic mass is 10.2. The largest absolute Gasteiger partial charge is 0.490 e. The lowest BCUT2D eigenvalue weighted by Gasteiger charge is -2.12. The van der Waals surface area contributed by atoms with Crippen molar-refractivity contribution in [1.29, 1.82) is 0 Å². The molecule has 0 fully saturated rings. The number of hydrogen-bond donors (Lipinski definition) is 0. The minimum atomic E-state index is 0.497. The highest BCUT2D eigenvalue weighted by Crippen LogP contribution is 2.29. The van der Waals surface area contributed by atoms with Gasteiger partial charge < -0.3 is 9.47 Å². The summed E-state index contributed by atoms with van der Waals surface area (Å²) >= 11 is 5.83. The maximum absolute atomic E-state index is 5.83. The molecule has 0 amide bonds. The van der Waals surface area contributed by atoms with Crippen LogP contribution in [0.1, 0.15) is 51.5 Å². The number of halogens is 1. The highest BCUT2D eigenvalue weighted by molar-refractivity contribution is 6.17. The van der Waals surface area contributed by atoms with Crippen LogP contribution in [-0.2, 0) is 5.88 Å². The molecule has 0 aliphatic heterocycles. The van der Waals surface area contributed by atoms with Crippen LogP contribution in [0.3, 0.4) is 0 Å². The van der Waals surface area contributed by atoms with E-state index in [1.54, 1.807) is 0 Å². The Morgan fingerprint density at radius 3 is 2.42 bits per heavy atom. The van der Waals surface area contributed by atoms with Crippen LogP contribution in [0.5, 0.6) is 11.5 Å². The Hall–Kier alpha value is -0.890. The number of ether oxygens (including phenoxy) is 2. The van der Waals surface area contributed by atoms with Crippen molar-refractivity contribution in [2.45, 2.75) is 51.8 Å². The van der Waals surface area contributed by atoms with Gasteiger partial charge in [0.05, 0.1) is 13.2 Å². The molecule has 0 radical (unpaired) electrons. The Balaban J connectivity index is 2.43. The molecule has 0 N–H and O–H groups in total. The zero-order valence-electron chi connectivity index (χ0n) is 12.1. The average molecular weight is 285 g/mol. The highest BCUT2D eigenvalue weighted by Gasteiger charge is 2.06. The van der Waals surface area contributed by atoms with E-state index in [1.165, 1.54) is 25.7 Å². The zero-order chi connectivity index (χ0) is 13.9. The van der Waals surface area contributed by atoms with E-state index in [4.69, 9.17) is 21.1 Å². The van der Waals surface area contributed by atoms with Crippen molar-refractivity contribution in [3.8, 4) is 11.5 Å². The van der Waals surface area contributed by atoms with Crippen LogP contribution < -0.4 is 9.47 Å². The number of hydrogen-bond acceptors (Lipinski definition) is 2. The summed E-state index contributed by atoms with van der Waals surface area (Å²) < 4.78 is 11.4. The Morgan fingerprint density at radius 2 is 1.74 bits per heavy atom. The van der Waals surface area contributed by atoms with Crippen LogP contribution in [0.25, 0.3) is 0 Å². The van der Waals surface area contributed by atoms with E-state index < -0.39 is 0 Å². The van der Waals surface area contributed by atoms with Crippen molar-refractivity contribution in [2.24, 2.45) is 0 Å². The van der Waals surface area contributed by atoms with Crippen LogP contribution in [0.2, 0.25) is 0 Å². The molecule has 0 aliphatic rings. The van der Waals surface area contributed by atoms with Gasteiger partial charge in [0, 0.05) is 5.88 Å². The predicted octanol–water partition coefficient (Wildman–Crippen LogP) is 5.17. The van der Waals surface area contributed by atoms with E-state index in [2.05, 4.69) is 6.92 Å². The first-order valence-electron chi connectivity index (χ1n) is 7.26. The van der Waals surface area contributed by atoms with Gasteiger partial charge in [0.1, 0.15) is 0 Å². The molecule has 0 bridgehead atoms. The van der Waals surface area contributed by atoms with Crippen LogP contribution in [0, 0.1) is 0 Å². The topological polar surface area (TPSA) is 18.5 Å². The Morgan fingerprint density at radius 1 is 0.947 bits per heavy atom. The molecule has 0 unspecified atom stereocenters. The molecule has 1 aromatic rings. The summed E-state index contributed by atoms with van der Waals surface area (Å²) in [6.45, 7) is 5.59. The molecule has 0 saturated heterocycles. The van der Waals surface area contributed by atoms with E-state index in [1.807, 2.05) is 25.1 Å². The Labute approximate surface area is 122 Å².